The molecule has 0 radical (unpaired) electrons. The highest BCUT2D eigenvalue weighted by Crippen LogP contribution is 2.29. The molecule has 1 fully saturated rings. The number of alkyl halides is 4. The van der Waals surface area contributed by atoms with E-state index in [-0.39, 0.29) is 4.90 Å². The van der Waals surface area contributed by atoms with Crippen LogP contribution in [0.3, 0.4) is 0 Å². The summed E-state index contributed by atoms with van der Waals surface area (Å²) in [5.41, 5.74) is -2.76. The van der Waals surface area contributed by atoms with Crippen LogP contribution in [0.15, 0.2) is 0 Å². The van der Waals surface area contributed by atoms with Crippen molar-refractivity contribution < 1.29 is 32.3 Å². The summed E-state index contributed by atoms with van der Waals surface area (Å²) in [5, 5.41) is 8.38. The van der Waals surface area contributed by atoms with Crippen molar-refractivity contribution >= 4 is 11.9 Å². The zero-order valence-electron chi connectivity index (χ0n) is 7.34. The van der Waals surface area contributed by atoms with Gasteiger partial charge < -0.3 is 10.0 Å². The number of likely N-dealkylation sites (tertiary alicyclic amines) is 1. The van der Waals surface area contributed by atoms with Gasteiger partial charge in [-0.3, -0.25) is 4.79 Å². The molecule has 0 spiro atoms. The van der Waals surface area contributed by atoms with Gasteiger partial charge in [0.15, 0.2) is 0 Å². The van der Waals surface area contributed by atoms with Gasteiger partial charge in [0.05, 0.1) is 6.54 Å². The molecule has 1 saturated heterocycles. The topological polar surface area (TPSA) is 57.6 Å². The molecule has 4 nitrogen and oxygen atoms in total. The maximum absolute atomic E-state index is 13.3. The van der Waals surface area contributed by atoms with Crippen LogP contribution in [0.1, 0.15) is 6.42 Å². The maximum atomic E-state index is 13.3. The molecule has 0 aromatic carbocycles. The van der Waals surface area contributed by atoms with Crippen LogP contribution in [0.4, 0.5) is 17.6 Å². The lowest BCUT2D eigenvalue weighted by molar-refractivity contribution is -0.185. The van der Waals surface area contributed by atoms with Gasteiger partial charge in [0.25, 0.3) is 0 Å². The van der Waals surface area contributed by atoms with Gasteiger partial charge in [-0.1, -0.05) is 0 Å². The van der Waals surface area contributed by atoms with Crippen molar-refractivity contribution in [1.29, 1.82) is 0 Å². The van der Waals surface area contributed by atoms with Gasteiger partial charge >= 0.3 is 18.1 Å². The van der Waals surface area contributed by atoms with E-state index in [0.717, 1.165) is 0 Å². The second kappa shape index (κ2) is 3.35. The third-order valence-electron chi connectivity index (χ3n) is 2.13. The normalized spacial score (nSPS) is 26.8. The van der Waals surface area contributed by atoms with E-state index in [0.29, 0.717) is 0 Å². The van der Waals surface area contributed by atoms with Crippen molar-refractivity contribution in [1.82, 2.24) is 4.90 Å². The van der Waals surface area contributed by atoms with E-state index in [4.69, 9.17) is 5.11 Å². The van der Waals surface area contributed by atoms with Gasteiger partial charge in [-0.05, 0) is 0 Å². The van der Waals surface area contributed by atoms with Crippen LogP contribution in [-0.4, -0.2) is 46.8 Å². The summed E-state index contributed by atoms with van der Waals surface area (Å²) in [4.78, 5) is 21.1. The van der Waals surface area contributed by atoms with Crippen LogP contribution >= 0.6 is 0 Å². The Morgan fingerprint density at radius 3 is 2.20 bits per heavy atom. The van der Waals surface area contributed by atoms with Gasteiger partial charge in [-0.2, -0.15) is 13.2 Å². The lowest BCUT2D eigenvalue weighted by atomic mass is 10.1. The molecule has 1 N–H and O–H groups in total. The molecule has 1 atom stereocenters. The van der Waals surface area contributed by atoms with Crippen molar-refractivity contribution in [3.63, 3.8) is 0 Å². The molecule has 1 unspecified atom stereocenters. The molecule has 0 aliphatic carbocycles. The Bertz CT molecular complexity index is 303. The second-order valence-electron chi connectivity index (χ2n) is 3.24. The molecule has 0 bridgehead atoms. The first kappa shape index (κ1) is 11.7. The lowest BCUT2D eigenvalue weighted by Gasteiger charge is -2.18. The molecule has 86 valence electrons. The highest BCUT2D eigenvalue weighted by Gasteiger charge is 2.52. The third-order valence-corrected chi connectivity index (χ3v) is 2.13. The fourth-order valence-electron chi connectivity index (χ4n) is 1.30. The predicted molar refractivity (Wildman–Crippen MR) is 38.7 cm³/mol. The van der Waals surface area contributed by atoms with Gasteiger partial charge in [0.1, 0.15) is 0 Å². The molecule has 8 heteroatoms. The Labute approximate surface area is 81.5 Å². The smallest absolute Gasteiger partial charge is 0.471 e. The lowest BCUT2D eigenvalue weighted by Crippen LogP contribution is -2.43. The molecule has 1 aliphatic heterocycles. The van der Waals surface area contributed by atoms with Crippen LogP contribution in [0, 0.1) is 0 Å². The van der Waals surface area contributed by atoms with Gasteiger partial charge in [-0.15, -0.1) is 0 Å². The molecule has 1 amide bonds. The quantitative estimate of drug-likeness (QED) is 0.669. The summed E-state index contributed by atoms with van der Waals surface area (Å²) >= 11 is 0. The number of carboxylic acids is 1. The fraction of sp³-hybridized carbons (Fsp3) is 0.714. The SMILES string of the molecule is O=C(N1CCC(F)(C(=O)O)C1)C(F)(F)F. The minimum Gasteiger partial charge on any atom is -0.479 e. The Morgan fingerprint density at radius 2 is 1.87 bits per heavy atom. The van der Waals surface area contributed by atoms with Crippen molar-refractivity contribution in [2.24, 2.45) is 0 Å². The van der Waals surface area contributed by atoms with Crippen molar-refractivity contribution in [3.8, 4) is 0 Å². The number of rotatable bonds is 1. The summed E-state index contributed by atoms with van der Waals surface area (Å²) in [6.45, 7) is -1.60. The van der Waals surface area contributed by atoms with E-state index in [9.17, 15) is 27.2 Å². The number of carbonyl (C=O) groups excluding carboxylic acids is 1. The second-order valence-corrected chi connectivity index (χ2v) is 3.24. The molecule has 15 heavy (non-hydrogen) atoms. The van der Waals surface area contributed by atoms with E-state index in [1.54, 1.807) is 0 Å². The van der Waals surface area contributed by atoms with E-state index in [2.05, 4.69) is 0 Å². The number of hydrogen-bond donors (Lipinski definition) is 1. The number of amides is 1. The van der Waals surface area contributed by atoms with E-state index in [1.807, 2.05) is 0 Å². The predicted octanol–water partition coefficient (Wildman–Crippen LogP) is 0.574. The molecule has 0 aromatic rings. The first-order chi connectivity index (χ1) is 6.67. The van der Waals surface area contributed by atoms with Crippen LogP contribution in [-0.2, 0) is 9.59 Å². The Kier molecular flexibility index (Phi) is 2.62. The number of carbonyl (C=O) groups is 2. The number of carboxylic acid groups (broad SMARTS) is 1. The Balaban J connectivity index is 2.73. The highest BCUT2D eigenvalue weighted by atomic mass is 19.4. The molecular weight excluding hydrogens is 222 g/mol. The van der Waals surface area contributed by atoms with Gasteiger partial charge in [0.2, 0.25) is 5.67 Å². The van der Waals surface area contributed by atoms with Crippen molar-refractivity contribution in [2.75, 3.05) is 13.1 Å². The minimum absolute atomic E-state index is 0.161. The average molecular weight is 229 g/mol. The number of hydrogen-bond acceptors (Lipinski definition) is 2. The molecule has 1 aliphatic rings. The molecular formula is C7H7F4NO3. The first-order valence-electron chi connectivity index (χ1n) is 3.95. The maximum Gasteiger partial charge on any atom is 0.471 e. The summed E-state index contributed by atoms with van der Waals surface area (Å²) in [5.74, 6) is -4.05. The number of nitrogens with zero attached hydrogens (tertiary/aromatic N) is 1. The van der Waals surface area contributed by atoms with Crippen LogP contribution in [0.2, 0.25) is 0 Å². The summed E-state index contributed by atoms with van der Waals surface area (Å²) in [7, 11) is 0. The number of halogens is 4. The number of aliphatic carboxylic acids is 1. The molecule has 1 heterocycles. The Hall–Kier alpha value is -1.34. The van der Waals surface area contributed by atoms with Crippen molar-refractivity contribution in [3.05, 3.63) is 0 Å². The summed E-state index contributed by atoms with van der Waals surface area (Å²) in [6, 6.07) is 0. The Morgan fingerprint density at radius 1 is 1.33 bits per heavy atom. The highest BCUT2D eigenvalue weighted by molar-refractivity contribution is 5.85. The largest absolute Gasteiger partial charge is 0.479 e. The summed E-state index contributed by atoms with van der Waals surface area (Å²) < 4.78 is 49.0. The molecule has 0 aromatic heterocycles. The van der Waals surface area contributed by atoms with E-state index < -0.39 is 43.2 Å². The van der Waals surface area contributed by atoms with Gasteiger partial charge in [0, 0.05) is 13.0 Å². The third kappa shape index (κ3) is 2.18. The van der Waals surface area contributed by atoms with Crippen LogP contribution in [0.25, 0.3) is 0 Å². The van der Waals surface area contributed by atoms with E-state index >= 15 is 0 Å². The first-order valence-corrected chi connectivity index (χ1v) is 3.95. The molecule has 1 rings (SSSR count). The van der Waals surface area contributed by atoms with Crippen molar-refractivity contribution in [2.45, 2.75) is 18.3 Å². The average Bonchev–Trinajstić information content (AvgIpc) is 2.46. The van der Waals surface area contributed by atoms with E-state index in [1.165, 1.54) is 0 Å². The zero-order valence-corrected chi connectivity index (χ0v) is 7.34. The summed E-state index contributed by atoms with van der Waals surface area (Å²) in [6.07, 6.45) is -5.71. The monoisotopic (exact) mass is 229 g/mol. The van der Waals surface area contributed by atoms with Crippen LogP contribution in [0.5, 0.6) is 0 Å². The van der Waals surface area contributed by atoms with Gasteiger partial charge in [-0.25, -0.2) is 9.18 Å². The standard InChI is InChI=1S/C7H7F4NO3/c8-6(5(14)15)1-2-12(3-6)4(13)7(9,10)11/h1-3H2,(H,14,15). The minimum atomic E-state index is -5.09. The fourth-order valence-corrected chi connectivity index (χ4v) is 1.30. The zero-order chi connectivity index (χ0) is 11.9. The van der Waals surface area contributed by atoms with Crippen LogP contribution < -0.4 is 0 Å². The molecule has 0 saturated carbocycles.